The number of nitrogens with two attached hydrogens (primary N) is 1. The first-order chi connectivity index (χ1) is 7.36. The fraction of sp³-hybridized carbons (Fsp3) is 0.250. The van der Waals surface area contributed by atoms with Gasteiger partial charge in [-0.3, -0.25) is 4.79 Å². The van der Waals surface area contributed by atoms with E-state index < -0.39 is 34.2 Å². The van der Waals surface area contributed by atoms with Gasteiger partial charge in [-0.2, -0.15) is 0 Å². The van der Waals surface area contributed by atoms with E-state index in [2.05, 4.69) is 4.98 Å². The van der Waals surface area contributed by atoms with Gasteiger partial charge in [0.05, 0.1) is 16.7 Å². The Morgan fingerprint density at radius 2 is 2.19 bits per heavy atom. The first-order valence-corrected chi connectivity index (χ1v) is 4.08. The van der Waals surface area contributed by atoms with Crippen molar-refractivity contribution < 1.29 is 18.5 Å². The van der Waals surface area contributed by atoms with E-state index in [9.17, 15) is 23.7 Å². The van der Waals surface area contributed by atoms with Crippen molar-refractivity contribution in [3.8, 4) is 0 Å². The molecule has 0 bridgehead atoms. The molecule has 0 fully saturated rings. The van der Waals surface area contributed by atoms with E-state index in [4.69, 9.17) is 5.73 Å². The molecule has 0 spiro atoms. The summed E-state index contributed by atoms with van der Waals surface area (Å²) in [4.78, 5) is 23.8. The lowest BCUT2D eigenvalue weighted by molar-refractivity contribution is -0.390. The van der Waals surface area contributed by atoms with Crippen LogP contribution in [0.5, 0.6) is 0 Å². The van der Waals surface area contributed by atoms with Crippen molar-refractivity contribution in [1.29, 1.82) is 0 Å². The Hall–Kier alpha value is -2.12. The van der Waals surface area contributed by atoms with Crippen molar-refractivity contribution in [3.63, 3.8) is 0 Å². The fourth-order valence-corrected chi connectivity index (χ4v) is 1.30. The Morgan fingerprint density at radius 3 is 2.56 bits per heavy atom. The van der Waals surface area contributed by atoms with Crippen LogP contribution in [0.15, 0.2) is 6.20 Å². The smallest absolute Gasteiger partial charge is 0.366 e. The summed E-state index contributed by atoms with van der Waals surface area (Å²) in [5, 5.41) is 10.5. The van der Waals surface area contributed by atoms with Crippen molar-refractivity contribution in [1.82, 2.24) is 4.98 Å². The lowest BCUT2D eigenvalue weighted by Crippen LogP contribution is -2.17. The lowest BCUT2D eigenvalue weighted by atomic mass is 10.0. The first kappa shape index (κ1) is 12.0. The minimum Gasteiger partial charge on any atom is -0.366 e. The van der Waals surface area contributed by atoms with Gasteiger partial charge in [-0.15, -0.1) is 0 Å². The number of carbonyl (C=O) groups excluding carboxylic acids is 1. The van der Waals surface area contributed by atoms with Crippen LogP contribution in [0.3, 0.4) is 0 Å². The van der Waals surface area contributed by atoms with Crippen molar-refractivity contribution in [3.05, 3.63) is 33.0 Å². The van der Waals surface area contributed by atoms with Crippen LogP contribution in [-0.4, -0.2) is 15.8 Å². The van der Waals surface area contributed by atoms with E-state index in [1.807, 2.05) is 0 Å². The highest BCUT2D eigenvalue weighted by molar-refractivity contribution is 5.96. The van der Waals surface area contributed by atoms with E-state index in [1.54, 1.807) is 0 Å². The molecule has 1 amide bonds. The van der Waals surface area contributed by atoms with E-state index in [0.29, 0.717) is 6.20 Å². The quantitative estimate of drug-likeness (QED) is 0.626. The molecule has 0 atom stereocenters. The number of aromatic nitrogens is 1. The Kier molecular flexibility index (Phi) is 3.11. The number of nitro groups is 1. The molecule has 8 heteroatoms. The Morgan fingerprint density at radius 1 is 1.62 bits per heavy atom. The summed E-state index contributed by atoms with van der Waals surface area (Å²) in [5.74, 6) is -1.79. The lowest BCUT2D eigenvalue weighted by Gasteiger charge is -2.07. The number of hydrogen-bond donors (Lipinski definition) is 1. The van der Waals surface area contributed by atoms with Crippen LogP contribution in [0.25, 0.3) is 0 Å². The average Bonchev–Trinajstić information content (AvgIpc) is 2.15. The molecular weight excluding hydrogens is 224 g/mol. The van der Waals surface area contributed by atoms with Crippen LogP contribution in [-0.2, 0) is 0 Å². The number of nitrogens with zero attached hydrogens (tertiary/aromatic N) is 2. The van der Waals surface area contributed by atoms with Crippen LogP contribution < -0.4 is 5.73 Å². The molecule has 0 aliphatic carbocycles. The van der Waals surface area contributed by atoms with E-state index in [-0.39, 0.29) is 5.56 Å². The molecule has 0 aromatic carbocycles. The van der Waals surface area contributed by atoms with Gasteiger partial charge in [0.1, 0.15) is 6.20 Å². The zero-order valence-electron chi connectivity index (χ0n) is 8.11. The number of rotatable bonds is 3. The van der Waals surface area contributed by atoms with Crippen LogP contribution in [0.2, 0.25) is 0 Å². The topological polar surface area (TPSA) is 99.1 Å². The summed E-state index contributed by atoms with van der Waals surface area (Å²) in [6, 6.07) is 0. The van der Waals surface area contributed by atoms with Gasteiger partial charge in [0.2, 0.25) is 5.91 Å². The molecule has 2 N–H and O–H groups in total. The van der Waals surface area contributed by atoms with Gasteiger partial charge < -0.3 is 15.8 Å². The molecule has 16 heavy (non-hydrogen) atoms. The number of primary amides is 1. The van der Waals surface area contributed by atoms with Gasteiger partial charge >= 0.3 is 5.82 Å². The van der Waals surface area contributed by atoms with Gasteiger partial charge in [0, 0.05) is 0 Å². The molecule has 6 nitrogen and oxygen atoms in total. The summed E-state index contributed by atoms with van der Waals surface area (Å²) >= 11 is 0. The van der Waals surface area contributed by atoms with Gasteiger partial charge in [-0.1, -0.05) is 0 Å². The molecule has 0 unspecified atom stereocenters. The van der Waals surface area contributed by atoms with Crippen molar-refractivity contribution in [2.45, 2.75) is 13.3 Å². The summed E-state index contributed by atoms with van der Waals surface area (Å²) in [6.07, 6.45) is -2.37. The Bertz CT molecular complexity index is 462. The number of carbonyl (C=O) groups is 1. The second-order valence-electron chi connectivity index (χ2n) is 2.96. The largest absolute Gasteiger partial charge is 0.367 e. The summed E-state index contributed by atoms with van der Waals surface area (Å²) < 4.78 is 25.0. The van der Waals surface area contributed by atoms with E-state index in [0.717, 1.165) is 6.92 Å². The van der Waals surface area contributed by atoms with Crippen LogP contribution >= 0.6 is 0 Å². The van der Waals surface area contributed by atoms with Crippen molar-refractivity contribution in [2.24, 2.45) is 5.73 Å². The minimum atomic E-state index is -2.96. The van der Waals surface area contributed by atoms with Gasteiger partial charge in [0.15, 0.2) is 0 Å². The van der Waals surface area contributed by atoms with Gasteiger partial charge in [0.25, 0.3) is 6.43 Å². The van der Waals surface area contributed by atoms with Crippen LogP contribution in [0.4, 0.5) is 14.6 Å². The average molecular weight is 231 g/mol. The second-order valence-corrected chi connectivity index (χ2v) is 2.96. The van der Waals surface area contributed by atoms with Gasteiger partial charge in [-0.05, 0) is 16.8 Å². The number of halogens is 2. The third kappa shape index (κ3) is 1.95. The normalized spacial score (nSPS) is 10.5. The summed E-state index contributed by atoms with van der Waals surface area (Å²) in [7, 11) is 0. The third-order valence-electron chi connectivity index (χ3n) is 1.98. The molecule has 1 rings (SSSR count). The highest BCUT2D eigenvalue weighted by Crippen LogP contribution is 2.28. The highest BCUT2D eigenvalue weighted by atomic mass is 19.3. The molecule has 0 saturated heterocycles. The summed E-state index contributed by atoms with van der Waals surface area (Å²) in [5.41, 5.74) is 3.40. The second kappa shape index (κ2) is 4.17. The van der Waals surface area contributed by atoms with Crippen LogP contribution in [0.1, 0.15) is 27.9 Å². The molecule has 1 heterocycles. The highest BCUT2D eigenvalue weighted by Gasteiger charge is 2.26. The molecule has 0 radical (unpaired) electrons. The molecular formula is C8H7F2N3O3. The third-order valence-corrected chi connectivity index (χ3v) is 1.98. The number of hydrogen-bond acceptors (Lipinski definition) is 4. The zero-order chi connectivity index (χ0) is 12.5. The molecule has 1 aromatic heterocycles. The number of pyridine rings is 1. The van der Waals surface area contributed by atoms with Crippen molar-refractivity contribution in [2.75, 3.05) is 0 Å². The van der Waals surface area contributed by atoms with Gasteiger partial charge in [-0.25, -0.2) is 8.78 Å². The molecule has 0 aliphatic rings. The predicted molar refractivity (Wildman–Crippen MR) is 49.1 cm³/mol. The molecule has 1 aromatic rings. The number of alkyl halides is 2. The van der Waals surface area contributed by atoms with Crippen LogP contribution in [0, 0.1) is 17.0 Å². The maximum atomic E-state index is 12.5. The maximum absolute atomic E-state index is 12.5. The molecule has 0 saturated carbocycles. The standard InChI is InChI=1S/C8H7F2N3O3/c1-3-5(7(11)14)4(6(9)10)2-12-8(3)13(15)16/h2,6H,1H3,(H2,11,14). The maximum Gasteiger partial charge on any atom is 0.367 e. The van der Waals surface area contributed by atoms with Crippen molar-refractivity contribution >= 4 is 11.7 Å². The number of amides is 1. The fourth-order valence-electron chi connectivity index (χ4n) is 1.30. The molecule has 86 valence electrons. The first-order valence-electron chi connectivity index (χ1n) is 4.08. The predicted octanol–water partition coefficient (Wildman–Crippen LogP) is 1.33. The molecule has 0 aliphatic heterocycles. The van der Waals surface area contributed by atoms with E-state index >= 15 is 0 Å². The SMILES string of the molecule is Cc1c([N+](=O)[O-])ncc(C(F)F)c1C(N)=O. The minimum absolute atomic E-state index is 0.254. The summed E-state index contributed by atoms with van der Waals surface area (Å²) in [6.45, 7) is 1.15. The van der Waals surface area contributed by atoms with E-state index in [1.165, 1.54) is 0 Å². The Labute approximate surface area is 88.2 Å². The zero-order valence-corrected chi connectivity index (χ0v) is 8.11. The Balaban J connectivity index is 3.54. The monoisotopic (exact) mass is 231 g/mol.